The third-order valence-electron chi connectivity index (χ3n) is 4.19. The van der Waals surface area contributed by atoms with Crippen molar-refractivity contribution in [3.05, 3.63) is 0 Å². The molecule has 0 heterocycles. The van der Waals surface area contributed by atoms with Gasteiger partial charge in [0.2, 0.25) is 17.7 Å². The maximum Gasteiger partial charge on any atom is 0.328 e. The van der Waals surface area contributed by atoms with E-state index in [4.69, 9.17) is 10.8 Å². The molecule has 12 heteroatoms. The average molecular weight is 423 g/mol. The van der Waals surface area contributed by atoms with Gasteiger partial charge < -0.3 is 37.0 Å². The number of hydrogen-bond acceptors (Lipinski definition) is 8. The van der Waals surface area contributed by atoms with Crippen LogP contribution in [-0.2, 0) is 19.2 Å². The molecule has 0 aromatic carbocycles. The Morgan fingerprint density at radius 2 is 1.54 bits per heavy atom. The second-order valence-corrected chi connectivity index (χ2v) is 6.83. The summed E-state index contributed by atoms with van der Waals surface area (Å²) in [5, 5.41) is 34.7. The molecule has 0 aliphatic carbocycles. The minimum Gasteiger partial charge on any atom is -0.480 e. The summed E-state index contributed by atoms with van der Waals surface area (Å²) in [5.74, 6) is -4.06. The zero-order valence-electron chi connectivity index (χ0n) is 16.1. The van der Waals surface area contributed by atoms with Crippen LogP contribution in [-0.4, -0.2) is 81.6 Å². The van der Waals surface area contributed by atoms with E-state index in [1.165, 1.54) is 6.92 Å². The lowest BCUT2D eigenvalue weighted by Crippen LogP contribution is -2.60. The van der Waals surface area contributed by atoms with Gasteiger partial charge in [0.25, 0.3) is 0 Å². The third kappa shape index (κ3) is 8.00. The van der Waals surface area contributed by atoms with Crippen molar-refractivity contribution >= 4 is 36.3 Å². The number of aliphatic carboxylic acids is 1. The largest absolute Gasteiger partial charge is 0.480 e. The number of aliphatic hydroxyl groups is 2. The summed E-state index contributed by atoms with van der Waals surface area (Å²) in [4.78, 5) is 47.8. The molecule has 11 nitrogen and oxygen atoms in total. The van der Waals surface area contributed by atoms with Crippen LogP contribution in [0.5, 0.6) is 0 Å². The van der Waals surface area contributed by atoms with Gasteiger partial charge >= 0.3 is 5.97 Å². The number of hydrogen-bond donors (Lipinski definition) is 8. The van der Waals surface area contributed by atoms with Gasteiger partial charge in [-0.25, -0.2) is 4.79 Å². The molecule has 0 saturated heterocycles. The summed E-state index contributed by atoms with van der Waals surface area (Å²) >= 11 is 3.93. The van der Waals surface area contributed by atoms with Gasteiger partial charge in [-0.2, -0.15) is 12.6 Å². The zero-order valence-corrected chi connectivity index (χ0v) is 17.0. The van der Waals surface area contributed by atoms with E-state index in [0.717, 1.165) is 0 Å². The molecular weight excluding hydrogens is 392 g/mol. The first-order valence-electron chi connectivity index (χ1n) is 8.79. The van der Waals surface area contributed by atoms with Crippen LogP contribution in [0.3, 0.4) is 0 Å². The fourth-order valence-corrected chi connectivity index (χ4v) is 2.31. The highest BCUT2D eigenvalue weighted by Crippen LogP contribution is 2.09. The van der Waals surface area contributed by atoms with Crippen molar-refractivity contribution in [2.45, 2.75) is 57.5 Å². The molecule has 0 bridgehead atoms. The first-order valence-corrected chi connectivity index (χ1v) is 9.42. The minimum absolute atomic E-state index is 0.0677. The van der Waals surface area contributed by atoms with Gasteiger partial charge in [0.1, 0.15) is 12.1 Å². The topological polar surface area (TPSA) is 191 Å². The van der Waals surface area contributed by atoms with E-state index in [1.807, 2.05) is 5.32 Å². The fraction of sp³-hybridized carbons (Fsp3) is 0.750. The summed E-state index contributed by atoms with van der Waals surface area (Å²) in [6, 6.07) is -5.05. The number of carbonyl (C=O) groups is 4. The number of nitrogens with two attached hydrogens (primary N) is 1. The number of nitrogens with one attached hydrogen (secondary N) is 3. The van der Waals surface area contributed by atoms with Crippen LogP contribution >= 0.6 is 12.6 Å². The molecule has 0 aromatic rings. The molecule has 0 spiro atoms. The predicted octanol–water partition coefficient (Wildman–Crippen LogP) is -2.80. The predicted molar refractivity (Wildman–Crippen MR) is 103 cm³/mol. The van der Waals surface area contributed by atoms with Gasteiger partial charge in [-0.1, -0.05) is 20.3 Å². The van der Waals surface area contributed by atoms with Crippen LogP contribution in [0.4, 0.5) is 0 Å². The lowest BCUT2D eigenvalue weighted by atomic mass is 9.97. The molecule has 0 aromatic heterocycles. The molecule has 0 aliphatic rings. The van der Waals surface area contributed by atoms with Crippen molar-refractivity contribution in [1.82, 2.24) is 16.0 Å². The van der Waals surface area contributed by atoms with E-state index in [0.29, 0.717) is 6.42 Å². The van der Waals surface area contributed by atoms with Crippen molar-refractivity contribution in [3.63, 3.8) is 0 Å². The maximum atomic E-state index is 12.6. The maximum absolute atomic E-state index is 12.6. The summed E-state index contributed by atoms with van der Waals surface area (Å²) < 4.78 is 0. The first kappa shape index (κ1) is 26.1. The van der Waals surface area contributed by atoms with Gasteiger partial charge in [0, 0.05) is 5.75 Å². The summed E-state index contributed by atoms with van der Waals surface area (Å²) in [6.45, 7) is 3.86. The Hall–Kier alpha value is -1.89. The fourth-order valence-electron chi connectivity index (χ4n) is 2.14. The number of thiol groups is 1. The van der Waals surface area contributed by atoms with E-state index < -0.39 is 60.6 Å². The quantitative estimate of drug-likeness (QED) is 0.155. The minimum atomic E-state index is -1.61. The molecule has 0 rings (SSSR count). The first-order chi connectivity index (χ1) is 13.0. The van der Waals surface area contributed by atoms with Crippen LogP contribution in [0.25, 0.3) is 0 Å². The summed E-state index contributed by atoms with van der Waals surface area (Å²) in [6.07, 6.45) is -0.875. The summed E-state index contributed by atoms with van der Waals surface area (Å²) in [7, 11) is 0. The zero-order chi connectivity index (χ0) is 22.0. The van der Waals surface area contributed by atoms with Crippen molar-refractivity contribution in [2.75, 3.05) is 12.4 Å². The van der Waals surface area contributed by atoms with Gasteiger partial charge in [-0.3, -0.25) is 14.4 Å². The van der Waals surface area contributed by atoms with Crippen molar-refractivity contribution in [3.8, 4) is 0 Å². The highest BCUT2D eigenvalue weighted by molar-refractivity contribution is 7.80. The Bertz CT molecular complexity index is 561. The Kier molecular flexibility index (Phi) is 11.7. The van der Waals surface area contributed by atoms with Crippen LogP contribution < -0.4 is 21.7 Å². The van der Waals surface area contributed by atoms with Gasteiger partial charge in [0.05, 0.1) is 18.8 Å². The standard InChI is InChI=1S/C16H30N4O7S/c1-4-7(2)11(19-13(23)9(17)6-28)15(25)18-10(5-21)14(24)20-12(8(3)22)16(26)27/h7-12,21-22,28H,4-6,17H2,1-3H3,(H,18,25)(H,19,23)(H,20,24)(H,26,27). The highest BCUT2D eigenvalue weighted by atomic mass is 32.1. The van der Waals surface area contributed by atoms with Crippen molar-refractivity contribution in [1.29, 1.82) is 0 Å². The van der Waals surface area contributed by atoms with Crippen molar-refractivity contribution in [2.24, 2.45) is 11.7 Å². The normalized spacial score (nSPS) is 17.4. The van der Waals surface area contributed by atoms with Crippen LogP contribution in [0.2, 0.25) is 0 Å². The monoisotopic (exact) mass is 422 g/mol. The van der Waals surface area contributed by atoms with Gasteiger partial charge in [-0.15, -0.1) is 0 Å². The molecule has 28 heavy (non-hydrogen) atoms. The van der Waals surface area contributed by atoms with E-state index in [-0.39, 0.29) is 11.7 Å². The smallest absolute Gasteiger partial charge is 0.328 e. The van der Waals surface area contributed by atoms with E-state index in [9.17, 15) is 29.4 Å². The second-order valence-electron chi connectivity index (χ2n) is 6.47. The molecule has 162 valence electrons. The molecule has 6 unspecified atom stereocenters. The number of rotatable bonds is 12. The molecule has 3 amide bonds. The number of aliphatic hydroxyl groups excluding tert-OH is 2. The van der Waals surface area contributed by atoms with Crippen LogP contribution in [0, 0.1) is 5.92 Å². The van der Waals surface area contributed by atoms with Gasteiger partial charge in [0.15, 0.2) is 6.04 Å². The average Bonchev–Trinajstić information content (AvgIpc) is 2.65. The Balaban J connectivity index is 5.25. The lowest BCUT2D eigenvalue weighted by molar-refractivity contribution is -0.145. The number of carboxylic acid groups (broad SMARTS) is 1. The highest BCUT2D eigenvalue weighted by Gasteiger charge is 2.33. The van der Waals surface area contributed by atoms with E-state index >= 15 is 0 Å². The molecule has 0 fully saturated rings. The SMILES string of the molecule is CCC(C)C(NC(=O)C(N)CS)C(=O)NC(CO)C(=O)NC(C(=O)O)C(C)O. The molecule has 0 radical (unpaired) electrons. The lowest BCUT2D eigenvalue weighted by Gasteiger charge is -2.27. The Morgan fingerprint density at radius 1 is 1.00 bits per heavy atom. The molecule has 0 aliphatic heterocycles. The molecular formula is C16H30N4O7S. The second kappa shape index (κ2) is 12.5. The number of carbonyl (C=O) groups excluding carboxylic acids is 3. The van der Waals surface area contributed by atoms with Crippen molar-refractivity contribution < 1.29 is 34.5 Å². The Labute approximate surface area is 168 Å². The van der Waals surface area contributed by atoms with Crippen LogP contribution in [0.15, 0.2) is 0 Å². The molecule has 8 N–H and O–H groups in total. The third-order valence-corrected chi connectivity index (χ3v) is 4.58. The van der Waals surface area contributed by atoms with Gasteiger partial charge in [-0.05, 0) is 12.8 Å². The Morgan fingerprint density at radius 3 is 1.93 bits per heavy atom. The summed E-state index contributed by atoms with van der Waals surface area (Å²) in [5.41, 5.74) is 5.59. The number of amides is 3. The molecule has 0 saturated carbocycles. The van der Waals surface area contributed by atoms with Crippen LogP contribution in [0.1, 0.15) is 27.2 Å². The number of carboxylic acids is 1. The van der Waals surface area contributed by atoms with E-state index in [1.54, 1.807) is 13.8 Å². The molecule has 6 atom stereocenters. The van der Waals surface area contributed by atoms with E-state index in [2.05, 4.69) is 23.3 Å².